The molecule has 0 saturated carbocycles. The van der Waals surface area contributed by atoms with E-state index in [4.69, 9.17) is 14.6 Å². The molecule has 8 nitrogen and oxygen atoms in total. The molecule has 0 heterocycles. The second kappa shape index (κ2) is 6.36. The van der Waals surface area contributed by atoms with Crippen molar-refractivity contribution in [1.82, 2.24) is 0 Å². The summed E-state index contributed by atoms with van der Waals surface area (Å²) in [4.78, 5) is 12.9. The quantitative estimate of drug-likeness (QED) is 0.198. The molecule has 0 aliphatic carbocycles. The first-order valence-electron chi connectivity index (χ1n) is 5.13. The number of hydrogen-bond acceptors (Lipinski definition) is 5. The maximum absolute atomic E-state index is 12.0. The summed E-state index contributed by atoms with van der Waals surface area (Å²) in [6, 6.07) is 5.54. The molecular weight excluding hydrogens is 273 g/mol. The van der Waals surface area contributed by atoms with Gasteiger partial charge in [-0.05, 0) is 5.56 Å². The maximum atomic E-state index is 12.0. The van der Waals surface area contributed by atoms with Crippen molar-refractivity contribution >= 4 is 18.7 Å². The van der Waals surface area contributed by atoms with Crippen LogP contribution in [0.15, 0.2) is 24.3 Å². The molecule has 0 saturated heterocycles. The maximum Gasteiger partial charge on any atom is 0.437 e. The van der Waals surface area contributed by atoms with Gasteiger partial charge in [0.05, 0.1) is 11.3 Å². The van der Waals surface area contributed by atoms with Gasteiger partial charge < -0.3 is 14.6 Å². The van der Waals surface area contributed by atoms with Crippen molar-refractivity contribution in [1.29, 1.82) is 0 Å². The smallest absolute Gasteiger partial charge is 0.361 e. The minimum Gasteiger partial charge on any atom is -0.361 e. The van der Waals surface area contributed by atoms with Gasteiger partial charge in [-0.3, -0.25) is 10.1 Å². The molecule has 0 aliphatic rings. The summed E-state index contributed by atoms with van der Waals surface area (Å²) in [6.45, 7) is 0. The van der Waals surface area contributed by atoms with E-state index in [0.29, 0.717) is 5.56 Å². The fraction of sp³-hybridized carbons (Fsp3) is 0.300. The van der Waals surface area contributed by atoms with E-state index in [1.165, 1.54) is 38.5 Å². The summed E-state index contributed by atoms with van der Waals surface area (Å²) in [6.07, 6.45) is -0.00650. The summed E-state index contributed by atoms with van der Waals surface area (Å²) in [5.41, 5.74) is 9.22. The van der Waals surface area contributed by atoms with Gasteiger partial charge in [0, 0.05) is 26.4 Å². The van der Waals surface area contributed by atoms with Crippen molar-refractivity contribution in [2.45, 2.75) is 6.42 Å². The lowest BCUT2D eigenvalue weighted by Crippen LogP contribution is -2.08. The van der Waals surface area contributed by atoms with Crippen LogP contribution in [0.3, 0.4) is 0 Å². The number of rotatable bonds is 6. The normalized spacial score (nSPS) is 10.8. The van der Waals surface area contributed by atoms with E-state index >= 15 is 0 Å². The SMILES string of the molecule is COP(=O)(OC)C(Cc1ccc([N+](=O)[O-])cc1)=[N+]=[N-]. The second-order valence-electron chi connectivity index (χ2n) is 3.48. The molecule has 0 aliphatic heterocycles. The molecule has 1 aromatic carbocycles. The van der Waals surface area contributed by atoms with Gasteiger partial charge in [-0.2, -0.15) is 4.79 Å². The lowest BCUT2D eigenvalue weighted by Gasteiger charge is -2.08. The van der Waals surface area contributed by atoms with Crippen LogP contribution in [-0.4, -0.2) is 29.4 Å². The van der Waals surface area contributed by atoms with Crippen molar-refractivity contribution in [3.8, 4) is 0 Å². The molecule has 0 atom stereocenters. The third-order valence-corrected chi connectivity index (χ3v) is 4.26. The van der Waals surface area contributed by atoms with Crippen LogP contribution in [0.2, 0.25) is 0 Å². The molecule has 0 amide bonds. The molecular formula is C10H12N3O5P. The molecule has 0 unspecified atom stereocenters. The fourth-order valence-corrected chi connectivity index (χ4v) is 2.45. The molecule has 102 valence electrons. The van der Waals surface area contributed by atoms with Gasteiger partial charge in [-0.15, -0.1) is 0 Å². The molecule has 0 radical (unpaired) electrons. The Bertz CT molecular complexity index is 557. The van der Waals surface area contributed by atoms with E-state index in [1.807, 2.05) is 0 Å². The molecule has 0 bridgehead atoms. The van der Waals surface area contributed by atoms with Crippen LogP contribution in [0, 0.1) is 10.1 Å². The predicted octanol–water partition coefficient (Wildman–Crippen LogP) is 2.25. The summed E-state index contributed by atoms with van der Waals surface area (Å²) in [5, 5.41) is 10.5. The van der Waals surface area contributed by atoms with Gasteiger partial charge in [-0.1, -0.05) is 12.1 Å². The highest BCUT2D eigenvalue weighted by molar-refractivity contribution is 7.71. The molecule has 0 aromatic heterocycles. The Labute approximate surface area is 109 Å². The van der Waals surface area contributed by atoms with Crippen LogP contribution in [0.25, 0.3) is 5.53 Å². The topological polar surface area (TPSA) is 115 Å². The molecule has 0 fully saturated rings. The third kappa shape index (κ3) is 3.56. The van der Waals surface area contributed by atoms with Gasteiger partial charge in [0.15, 0.2) is 0 Å². The first kappa shape index (κ1) is 15.2. The monoisotopic (exact) mass is 285 g/mol. The van der Waals surface area contributed by atoms with Crippen molar-refractivity contribution in [2.24, 2.45) is 0 Å². The average Bonchev–Trinajstić information content (AvgIpc) is 2.44. The van der Waals surface area contributed by atoms with Gasteiger partial charge >= 0.3 is 13.0 Å². The Morgan fingerprint density at radius 3 is 2.26 bits per heavy atom. The predicted molar refractivity (Wildman–Crippen MR) is 67.1 cm³/mol. The van der Waals surface area contributed by atoms with Gasteiger partial charge in [0.2, 0.25) is 0 Å². The van der Waals surface area contributed by atoms with E-state index in [2.05, 4.69) is 4.79 Å². The number of benzene rings is 1. The molecule has 0 N–H and O–H groups in total. The minimum atomic E-state index is -3.62. The molecule has 0 spiro atoms. The van der Waals surface area contributed by atoms with Crippen molar-refractivity contribution in [3.05, 3.63) is 45.5 Å². The first-order chi connectivity index (χ1) is 8.96. The Kier molecular flexibility index (Phi) is 5.09. The van der Waals surface area contributed by atoms with Gasteiger partial charge in [0.25, 0.3) is 5.69 Å². The molecule has 1 rings (SSSR count). The largest absolute Gasteiger partial charge is 0.437 e. The number of non-ortho nitro benzene ring substituents is 1. The summed E-state index contributed by atoms with van der Waals surface area (Å²) in [7, 11) is -1.28. The first-order valence-corrected chi connectivity index (χ1v) is 6.67. The Hall–Kier alpha value is -1.85. The number of nitrogens with zero attached hydrogens (tertiary/aromatic N) is 3. The van der Waals surface area contributed by atoms with Crippen molar-refractivity contribution in [2.75, 3.05) is 14.2 Å². The Morgan fingerprint density at radius 1 is 1.37 bits per heavy atom. The van der Waals surface area contributed by atoms with E-state index < -0.39 is 12.5 Å². The standard InChI is InChI=1S/C10H12N3O5P/c1-17-19(16,18-2)10(12-11)7-8-3-5-9(6-4-8)13(14)15/h3-6H,7H2,1-2H3. The fourth-order valence-electron chi connectivity index (χ4n) is 1.39. The zero-order valence-corrected chi connectivity index (χ0v) is 11.2. The lowest BCUT2D eigenvalue weighted by atomic mass is 10.1. The average molecular weight is 285 g/mol. The highest BCUT2D eigenvalue weighted by atomic mass is 31.2. The number of nitro groups is 1. The zero-order valence-electron chi connectivity index (χ0n) is 10.3. The van der Waals surface area contributed by atoms with E-state index in [1.54, 1.807) is 0 Å². The second-order valence-corrected chi connectivity index (χ2v) is 5.72. The highest BCUT2D eigenvalue weighted by Gasteiger charge is 2.37. The highest BCUT2D eigenvalue weighted by Crippen LogP contribution is 2.48. The summed E-state index contributed by atoms with van der Waals surface area (Å²) < 4.78 is 21.4. The zero-order chi connectivity index (χ0) is 14.5. The molecule has 1 aromatic rings. The van der Waals surface area contributed by atoms with Crippen LogP contribution in [0.1, 0.15) is 5.56 Å². The molecule has 9 heteroatoms. The Balaban J connectivity index is 2.98. The summed E-state index contributed by atoms with van der Waals surface area (Å²) in [5.74, 6) is 0. The van der Waals surface area contributed by atoms with Gasteiger partial charge in [-0.25, -0.2) is 4.57 Å². The minimum absolute atomic E-state index is 0.00650. The van der Waals surface area contributed by atoms with E-state index in [9.17, 15) is 14.7 Å². The van der Waals surface area contributed by atoms with Crippen LogP contribution in [0.4, 0.5) is 5.69 Å². The number of hydrogen-bond donors (Lipinski definition) is 0. The van der Waals surface area contributed by atoms with Crippen LogP contribution in [-0.2, 0) is 20.0 Å². The van der Waals surface area contributed by atoms with Crippen LogP contribution < -0.4 is 0 Å². The molecule has 19 heavy (non-hydrogen) atoms. The van der Waals surface area contributed by atoms with Crippen LogP contribution in [0.5, 0.6) is 0 Å². The summed E-state index contributed by atoms with van der Waals surface area (Å²) >= 11 is 0. The number of nitro benzene ring substituents is 1. The van der Waals surface area contributed by atoms with Gasteiger partial charge in [0.1, 0.15) is 0 Å². The van der Waals surface area contributed by atoms with E-state index in [0.717, 1.165) is 0 Å². The van der Waals surface area contributed by atoms with Crippen LogP contribution >= 0.6 is 7.60 Å². The van der Waals surface area contributed by atoms with Crippen molar-refractivity contribution in [3.63, 3.8) is 0 Å². The lowest BCUT2D eigenvalue weighted by molar-refractivity contribution is -0.384. The Morgan fingerprint density at radius 2 is 1.89 bits per heavy atom. The van der Waals surface area contributed by atoms with Crippen molar-refractivity contribution < 1.29 is 23.3 Å². The third-order valence-electron chi connectivity index (χ3n) is 2.42. The van der Waals surface area contributed by atoms with E-state index in [-0.39, 0.29) is 17.6 Å².